The van der Waals surface area contributed by atoms with Crippen LogP contribution in [0, 0.1) is 5.92 Å². The summed E-state index contributed by atoms with van der Waals surface area (Å²) < 4.78 is 0. The number of benzene rings is 1. The van der Waals surface area contributed by atoms with Crippen LogP contribution in [-0.4, -0.2) is 29.4 Å². The summed E-state index contributed by atoms with van der Waals surface area (Å²) in [7, 11) is 1.91. The molecule has 0 N–H and O–H groups in total. The zero-order valence-electron chi connectivity index (χ0n) is 10.3. The third-order valence-electron chi connectivity index (χ3n) is 3.21. The highest BCUT2D eigenvalue weighted by atomic mass is 32.2. The lowest BCUT2D eigenvalue weighted by atomic mass is 10.0. The molecule has 0 saturated carbocycles. The molecule has 1 aliphatic heterocycles. The zero-order valence-corrected chi connectivity index (χ0v) is 11.1. The molecule has 0 bridgehead atoms. The Labute approximate surface area is 107 Å². The molecule has 0 unspecified atom stereocenters. The topological polar surface area (TPSA) is 20.3 Å². The number of hydrogen-bond donors (Lipinski definition) is 0. The lowest BCUT2D eigenvalue weighted by Gasteiger charge is -2.26. The van der Waals surface area contributed by atoms with E-state index in [4.69, 9.17) is 0 Å². The van der Waals surface area contributed by atoms with E-state index in [1.165, 1.54) is 5.56 Å². The van der Waals surface area contributed by atoms with Crippen LogP contribution in [0.2, 0.25) is 0 Å². The Morgan fingerprint density at radius 1 is 1.29 bits per heavy atom. The summed E-state index contributed by atoms with van der Waals surface area (Å²) in [6.45, 7) is 0.726. The number of carbonyl (C=O) groups excluding carboxylic acids is 1. The molecular formula is C14H19NOS. The molecular weight excluding hydrogens is 230 g/mol. The van der Waals surface area contributed by atoms with Crippen molar-refractivity contribution in [1.29, 1.82) is 0 Å². The van der Waals surface area contributed by atoms with Gasteiger partial charge in [0.25, 0.3) is 0 Å². The Kier molecular flexibility index (Phi) is 4.49. The Morgan fingerprint density at radius 2 is 1.94 bits per heavy atom. The van der Waals surface area contributed by atoms with Crippen LogP contribution >= 0.6 is 11.8 Å². The second-order valence-electron chi connectivity index (χ2n) is 4.57. The molecule has 1 aliphatic rings. The maximum absolute atomic E-state index is 12.2. The maximum atomic E-state index is 12.2. The van der Waals surface area contributed by atoms with Crippen molar-refractivity contribution in [3.8, 4) is 0 Å². The standard InChI is InChI=1S/C14H19NOS/c1-15(11-12-5-3-2-4-6-12)14(16)13-7-9-17-10-8-13/h2-6,13H,7-11H2,1H3. The van der Waals surface area contributed by atoms with Gasteiger partial charge in [0.1, 0.15) is 0 Å². The van der Waals surface area contributed by atoms with Gasteiger partial charge in [0.15, 0.2) is 0 Å². The Hall–Kier alpha value is -0.960. The molecule has 1 heterocycles. The third kappa shape index (κ3) is 3.50. The molecule has 92 valence electrons. The summed E-state index contributed by atoms with van der Waals surface area (Å²) in [6.07, 6.45) is 2.09. The molecule has 1 aromatic carbocycles. The summed E-state index contributed by atoms with van der Waals surface area (Å²) in [5.74, 6) is 2.84. The van der Waals surface area contributed by atoms with Gasteiger partial charge in [0, 0.05) is 19.5 Å². The monoisotopic (exact) mass is 249 g/mol. The van der Waals surface area contributed by atoms with Crippen molar-refractivity contribution in [3.63, 3.8) is 0 Å². The van der Waals surface area contributed by atoms with E-state index >= 15 is 0 Å². The molecule has 0 radical (unpaired) electrons. The summed E-state index contributed by atoms with van der Waals surface area (Å²) in [5, 5.41) is 0. The molecule has 1 aromatic rings. The fourth-order valence-electron chi connectivity index (χ4n) is 2.19. The molecule has 3 heteroatoms. The normalized spacial score (nSPS) is 16.8. The molecule has 1 fully saturated rings. The minimum absolute atomic E-state index is 0.255. The summed E-state index contributed by atoms with van der Waals surface area (Å²) >= 11 is 1.96. The van der Waals surface area contributed by atoms with E-state index in [0.29, 0.717) is 5.91 Å². The second kappa shape index (κ2) is 6.10. The third-order valence-corrected chi connectivity index (χ3v) is 4.26. The number of rotatable bonds is 3. The highest BCUT2D eigenvalue weighted by Gasteiger charge is 2.24. The van der Waals surface area contributed by atoms with E-state index in [2.05, 4.69) is 12.1 Å². The number of hydrogen-bond acceptors (Lipinski definition) is 2. The summed E-state index contributed by atoms with van der Waals surface area (Å²) in [4.78, 5) is 14.1. The largest absolute Gasteiger partial charge is 0.341 e. The lowest BCUT2D eigenvalue weighted by molar-refractivity contribution is -0.134. The molecule has 0 aliphatic carbocycles. The lowest BCUT2D eigenvalue weighted by Crippen LogP contribution is -2.34. The van der Waals surface area contributed by atoms with Crippen molar-refractivity contribution < 1.29 is 4.79 Å². The zero-order chi connectivity index (χ0) is 12.1. The fraction of sp³-hybridized carbons (Fsp3) is 0.500. The fourth-order valence-corrected chi connectivity index (χ4v) is 3.30. The van der Waals surface area contributed by atoms with Crippen molar-refractivity contribution >= 4 is 17.7 Å². The Balaban J connectivity index is 1.90. The van der Waals surface area contributed by atoms with Gasteiger partial charge in [-0.1, -0.05) is 30.3 Å². The maximum Gasteiger partial charge on any atom is 0.225 e. The molecule has 1 saturated heterocycles. The summed E-state index contributed by atoms with van der Waals surface area (Å²) in [5.41, 5.74) is 1.20. The van der Waals surface area contributed by atoms with Crippen molar-refractivity contribution in [2.45, 2.75) is 19.4 Å². The van der Waals surface area contributed by atoms with Gasteiger partial charge in [-0.2, -0.15) is 11.8 Å². The van der Waals surface area contributed by atoms with Gasteiger partial charge in [-0.3, -0.25) is 4.79 Å². The molecule has 0 spiro atoms. The van der Waals surface area contributed by atoms with Gasteiger partial charge >= 0.3 is 0 Å². The number of carbonyl (C=O) groups is 1. The molecule has 0 atom stereocenters. The van der Waals surface area contributed by atoms with Crippen LogP contribution < -0.4 is 0 Å². The first-order valence-electron chi connectivity index (χ1n) is 6.14. The average Bonchev–Trinajstić information content (AvgIpc) is 2.40. The van der Waals surface area contributed by atoms with E-state index in [-0.39, 0.29) is 5.92 Å². The van der Waals surface area contributed by atoms with Gasteiger partial charge in [-0.15, -0.1) is 0 Å². The van der Waals surface area contributed by atoms with Crippen molar-refractivity contribution in [2.75, 3.05) is 18.6 Å². The smallest absolute Gasteiger partial charge is 0.225 e. The molecule has 17 heavy (non-hydrogen) atoms. The minimum atomic E-state index is 0.255. The quantitative estimate of drug-likeness (QED) is 0.821. The van der Waals surface area contributed by atoms with Gasteiger partial charge in [0.05, 0.1) is 0 Å². The van der Waals surface area contributed by atoms with E-state index in [9.17, 15) is 4.79 Å². The van der Waals surface area contributed by atoms with E-state index in [1.807, 2.05) is 41.9 Å². The highest BCUT2D eigenvalue weighted by molar-refractivity contribution is 7.99. The number of nitrogens with zero attached hydrogens (tertiary/aromatic N) is 1. The summed E-state index contributed by atoms with van der Waals surface area (Å²) in [6, 6.07) is 10.2. The van der Waals surface area contributed by atoms with E-state index in [0.717, 1.165) is 30.9 Å². The van der Waals surface area contributed by atoms with Crippen molar-refractivity contribution in [3.05, 3.63) is 35.9 Å². The average molecular weight is 249 g/mol. The predicted octanol–water partition coefficient (Wildman–Crippen LogP) is 2.79. The van der Waals surface area contributed by atoms with Crippen molar-refractivity contribution in [1.82, 2.24) is 4.90 Å². The van der Waals surface area contributed by atoms with Crippen LogP contribution in [0.15, 0.2) is 30.3 Å². The minimum Gasteiger partial charge on any atom is -0.341 e. The van der Waals surface area contributed by atoms with Crippen LogP contribution in [0.25, 0.3) is 0 Å². The molecule has 0 aromatic heterocycles. The van der Waals surface area contributed by atoms with Gasteiger partial charge in [0.2, 0.25) is 5.91 Å². The van der Waals surface area contributed by atoms with E-state index < -0.39 is 0 Å². The molecule has 2 nitrogen and oxygen atoms in total. The molecule has 2 rings (SSSR count). The predicted molar refractivity (Wildman–Crippen MR) is 73.0 cm³/mol. The van der Waals surface area contributed by atoms with E-state index in [1.54, 1.807) is 0 Å². The van der Waals surface area contributed by atoms with Gasteiger partial charge < -0.3 is 4.90 Å². The van der Waals surface area contributed by atoms with Crippen LogP contribution in [0.3, 0.4) is 0 Å². The Bertz CT molecular complexity index is 360. The highest BCUT2D eigenvalue weighted by Crippen LogP contribution is 2.24. The first-order valence-corrected chi connectivity index (χ1v) is 7.29. The first kappa shape index (κ1) is 12.5. The Morgan fingerprint density at radius 3 is 2.59 bits per heavy atom. The second-order valence-corrected chi connectivity index (χ2v) is 5.79. The van der Waals surface area contributed by atoms with Crippen molar-refractivity contribution in [2.24, 2.45) is 5.92 Å². The van der Waals surface area contributed by atoms with Gasteiger partial charge in [-0.05, 0) is 29.9 Å². The SMILES string of the molecule is CN(Cc1ccccc1)C(=O)C1CCSCC1. The van der Waals surface area contributed by atoms with Crippen LogP contribution in [0.5, 0.6) is 0 Å². The number of amides is 1. The van der Waals surface area contributed by atoms with Gasteiger partial charge in [-0.25, -0.2) is 0 Å². The van der Waals surface area contributed by atoms with Crippen LogP contribution in [0.1, 0.15) is 18.4 Å². The van der Waals surface area contributed by atoms with Crippen LogP contribution in [-0.2, 0) is 11.3 Å². The first-order chi connectivity index (χ1) is 8.27. The number of thioether (sulfide) groups is 1. The molecule has 1 amide bonds. The van der Waals surface area contributed by atoms with Crippen LogP contribution in [0.4, 0.5) is 0 Å².